The number of alkyl halides is 1. The lowest BCUT2D eigenvalue weighted by molar-refractivity contribution is -0.120. The van der Waals surface area contributed by atoms with Crippen LogP contribution in [0.5, 0.6) is 0 Å². The lowest BCUT2D eigenvalue weighted by atomic mass is 10.3. The summed E-state index contributed by atoms with van der Waals surface area (Å²) in [5, 5.41) is 2.38. The van der Waals surface area contributed by atoms with Crippen molar-refractivity contribution in [1.29, 1.82) is 0 Å². The van der Waals surface area contributed by atoms with E-state index in [1.165, 1.54) is 0 Å². The van der Waals surface area contributed by atoms with Crippen LogP contribution in [0.2, 0.25) is 0 Å². The van der Waals surface area contributed by atoms with Crippen molar-refractivity contribution in [3.05, 3.63) is 0 Å². The maximum absolute atomic E-state index is 11.1. The first-order valence-electron chi connectivity index (χ1n) is 5.75. The van der Waals surface area contributed by atoms with Crippen LogP contribution in [0.3, 0.4) is 0 Å². The van der Waals surface area contributed by atoms with Gasteiger partial charge in [0, 0.05) is 6.54 Å². The topological polar surface area (TPSA) is 32.3 Å². The van der Waals surface area contributed by atoms with E-state index < -0.39 is 5.38 Å². The third-order valence-electron chi connectivity index (χ3n) is 2.46. The third kappa shape index (κ3) is 7.63. The fourth-order valence-corrected chi connectivity index (χ4v) is 1.43. The average Bonchev–Trinajstić information content (AvgIpc) is 2.23. The lowest BCUT2D eigenvalue weighted by Crippen LogP contribution is -2.31. The largest absolute Gasteiger partial charge is 0.355 e. The van der Waals surface area contributed by atoms with Crippen LogP contribution in [-0.4, -0.2) is 42.4 Å². The van der Waals surface area contributed by atoms with Crippen LogP contribution in [-0.2, 0) is 4.79 Å². The molecule has 15 heavy (non-hydrogen) atoms. The molecule has 0 aromatic rings. The summed E-state index contributed by atoms with van der Waals surface area (Å²) in [5.41, 5.74) is 0. The highest BCUT2D eigenvalue weighted by atomic mass is 35.5. The summed E-state index contributed by atoms with van der Waals surface area (Å²) in [6.45, 7) is 10.1. The molecule has 0 aliphatic rings. The van der Waals surface area contributed by atoms with E-state index in [1.54, 1.807) is 6.92 Å². The number of unbranched alkanes of at least 4 members (excludes halogenated alkanes) is 1. The molecule has 0 aromatic carbocycles. The molecule has 1 N–H and O–H groups in total. The van der Waals surface area contributed by atoms with Crippen LogP contribution >= 0.6 is 11.6 Å². The fraction of sp³-hybridized carbons (Fsp3) is 0.909. The standard InChI is InChI=1S/C11H23ClN2O/c1-4-14(5-2)9-7-6-8-13-11(15)10(3)12/h10H,4-9H2,1-3H3,(H,13,15). The summed E-state index contributed by atoms with van der Waals surface area (Å²) in [6, 6.07) is 0. The van der Waals surface area contributed by atoms with Crippen molar-refractivity contribution >= 4 is 17.5 Å². The summed E-state index contributed by atoms with van der Waals surface area (Å²) in [5.74, 6) is -0.0699. The summed E-state index contributed by atoms with van der Waals surface area (Å²) in [4.78, 5) is 13.5. The van der Waals surface area contributed by atoms with Crippen molar-refractivity contribution in [1.82, 2.24) is 10.2 Å². The average molecular weight is 235 g/mol. The molecule has 0 spiro atoms. The SMILES string of the molecule is CCN(CC)CCCCNC(=O)C(C)Cl. The number of rotatable bonds is 8. The molecule has 0 aromatic heterocycles. The molecule has 0 bridgehead atoms. The van der Waals surface area contributed by atoms with Gasteiger partial charge in [-0.2, -0.15) is 0 Å². The van der Waals surface area contributed by atoms with E-state index in [1.807, 2.05) is 0 Å². The van der Waals surface area contributed by atoms with Gasteiger partial charge in [0.2, 0.25) is 5.91 Å². The first kappa shape index (κ1) is 14.7. The molecule has 0 aliphatic carbocycles. The fourth-order valence-electron chi connectivity index (χ4n) is 1.35. The van der Waals surface area contributed by atoms with Crippen LogP contribution in [0.1, 0.15) is 33.6 Å². The van der Waals surface area contributed by atoms with Crippen LogP contribution < -0.4 is 5.32 Å². The van der Waals surface area contributed by atoms with Crippen LogP contribution in [0.15, 0.2) is 0 Å². The number of hydrogen-bond donors (Lipinski definition) is 1. The monoisotopic (exact) mass is 234 g/mol. The Morgan fingerprint density at radius 2 is 1.93 bits per heavy atom. The number of carbonyl (C=O) groups excluding carboxylic acids is 1. The Hall–Kier alpha value is -0.280. The zero-order chi connectivity index (χ0) is 11.7. The van der Waals surface area contributed by atoms with Gasteiger partial charge in [-0.15, -0.1) is 11.6 Å². The third-order valence-corrected chi connectivity index (χ3v) is 2.65. The highest BCUT2D eigenvalue weighted by molar-refractivity contribution is 6.30. The quantitative estimate of drug-likeness (QED) is 0.514. The zero-order valence-corrected chi connectivity index (χ0v) is 10.8. The Labute approximate surface area is 98.2 Å². The molecule has 1 atom stereocenters. The van der Waals surface area contributed by atoms with Crippen LogP contribution in [0.4, 0.5) is 0 Å². The van der Waals surface area contributed by atoms with E-state index in [0.717, 1.165) is 39.0 Å². The normalized spacial score (nSPS) is 12.9. The van der Waals surface area contributed by atoms with E-state index in [2.05, 4.69) is 24.1 Å². The van der Waals surface area contributed by atoms with Crippen molar-refractivity contribution in [3.63, 3.8) is 0 Å². The minimum atomic E-state index is -0.423. The molecule has 0 heterocycles. The van der Waals surface area contributed by atoms with Crippen LogP contribution in [0.25, 0.3) is 0 Å². The Balaban J connectivity index is 3.35. The van der Waals surface area contributed by atoms with Crippen molar-refractivity contribution in [2.75, 3.05) is 26.2 Å². The predicted molar refractivity (Wildman–Crippen MR) is 65.3 cm³/mol. The van der Waals surface area contributed by atoms with Gasteiger partial charge in [-0.1, -0.05) is 13.8 Å². The smallest absolute Gasteiger partial charge is 0.237 e. The maximum atomic E-state index is 11.1. The van der Waals surface area contributed by atoms with E-state index in [9.17, 15) is 4.79 Å². The first-order chi connectivity index (χ1) is 7.11. The van der Waals surface area contributed by atoms with E-state index in [0.29, 0.717) is 0 Å². The lowest BCUT2D eigenvalue weighted by Gasteiger charge is -2.17. The molecule has 0 rings (SSSR count). The minimum Gasteiger partial charge on any atom is -0.355 e. The molecule has 1 unspecified atom stereocenters. The molecule has 4 heteroatoms. The molecule has 0 saturated carbocycles. The summed E-state index contributed by atoms with van der Waals surface area (Å²) in [6.07, 6.45) is 2.14. The number of amides is 1. The van der Waals surface area contributed by atoms with E-state index in [-0.39, 0.29) is 5.91 Å². The summed E-state index contributed by atoms with van der Waals surface area (Å²) in [7, 11) is 0. The Bertz CT molecular complexity index is 170. The zero-order valence-electron chi connectivity index (χ0n) is 10.1. The molecule has 0 fully saturated rings. The summed E-state index contributed by atoms with van der Waals surface area (Å²) < 4.78 is 0. The van der Waals surface area contributed by atoms with Crippen LogP contribution in [0, 0.1) is 0 Å². The number of carbonyl (C=O) groups is 1. The maximum Gasteiger partial charge on any atom is 0.237 e. The molecule has 3 nitrogen and oxygen atoms in total. The molecule has 90 valence electrons. The van der Waals surface area contributed by atoms with Gasteiger partial charge < -0.3 is 10.2 Å². The van der Waals surface area contributed by atoms with Gasteiger partial charge in [0.25, 0.3) is 0 Å². The van der Waals surface area contributed by atoms with Crippen molar-refractivity contribution in [2.45, 2.75) is 39.0 Å². The van der Waals surface area contributed by atoms with Gasteiger partial charge >= 0.3 is 0 Å². The van der Waals surface area contributed by atoms with E-state index in [4.69, 9.17) is 11.6 Å². The number of nitrogens with one attached hydrogen (secondary N) is 1. The van der Waals surface area contributed by atoms with Gasteiger partial charge in [0.1, 0.15) is 5.38 Å². The molecule has 0 radical (unpaired) electrons. The Morgan fingerprint density at radius 1 is 1.33 bits per heavy atom. The van der Waals surface area contributed by atoms with Gasteiger partial charge in [-0.3, -0.25) is 4.79 Å². The van der Waals surface area contributed by atoms with Crippen molar-refractivity contribution in [3.8, 4) is 0 Å². The molecular weight excluding hydrogens is 212 g/mol. The number of halogens is 1. The second kappa shape index (κ2) is 8.98. The van der Waals surface area contributed by atoms with Crippen molar-refractivity contribution < 1.29 is 4.79 Å². The number of hydrogen-bond acceptors (Lipinski definition) is 2. The highest BCUT2D eigenvalue weighted by Crippen LogP contribution is 1.95. The second-order valence-electron chi connectivity index (χ2n) is 3.64. The summed E-state index contributed by atoms with van der Waals surface area (Å²) >= 11 is 5.62. The predicted octanol–water partition coefficient (Wildman–Crippen LogP) is 1.85. The molecule has 1 amide bonds. The van der Waals surface area contributed by atoms with Gasteiger partial charge in [-0.05, 0) is 39.4 Å². The number of nitrogens with zero attached hydrogens (tertiary/aromatic N) is 1. The van der Waals surface area contributed by atoms with Gasteiger partial charge in [0.05, 0.1) is 0 Å². The minimum absolute atomic E-state index is 0.0699. The van der Waals surface area contributed by atoms with Gasteiger partial charge in [-0.25, -0.2) is 0 Å². The van der Waals surface area contributed by atoms with Crippen molar-refractivity contribution in [2.24, 2.45) is 0 Å². The molecular formula is C11H23ClN2O. The van der Waals surface area contributed by atoms with Gasteiger partial charge in [0.15, 0.2) is 0 Å². The Kier molecular flexibility index (Phi) is 8.82. The van der Waals surface area contributed by atoms with E-state index >= 15 is 0 Å². The first-order valence-corrected chi connectivity index (χ1v) is 6.19. The second-order valence-corrected chi connectivity index (χ2v) is 4.30. The highest BCUT2D eigenvalue weighted by Gasteiger charge is 2.07. The molecule has 0 aliphatic heterocycles. The molecule has 0 saturated heterocycles. The Morgan fingerprint density at radius 3 is 2.40 bits per heavy atom.